The van der Waals surface area contributed by atoms with Crippen molar-refractivity contribution in [3.05, 3.63) is 11.1 Å². The molecule has 1 aromatic heterocycles. The molecule has 1 saturated carbocycles. The van der Waals surface area contributed by atoms with Gasteiger partial charge in [-0.25, -0.2) is 4.98 Å². The van der Waals surface area contributed by atoms with Gasteiger partial charge in [0.2, 0.25) is 0 Å². The van der Waals surface area contributed by atoms with E-state index in [1.165, 1.54) is 24.4 Å². The second kappa shape index (κ2) is 4.11. The Balaban J connectivity index is 1.87. The first-order valence-electron chi connectivity index (χ1n) is 6.68. The van der Waals surface area contributed by atoms with Gasteiger partial charge in [-0.05, 0) is 30.1 Å². The van der Waals surface area contributed by atoms with Crippen LogP contribution in [0.2, 0.25) is 0 Å². The molecule has 0 N–H and O–H groups in total. The first-order valence-corrected chi connectivity index (χ1v) is 8.09. The molecule has 2 atom stereocenters. The van der Waals surface area contributed by atoms with Gasteiger partial charge in [-0.2, -0.15) is 0 Å². The fourth-order valence-electron chi connectivity index (χ4n) is 4.17. The molecule has 1 aliphatic carbocycles. The number of hydrogen-bond acceptors (Lipinski definition) is 3. The van der Waals surface area contributed by atoms with Gasteiger partial charge in [-0.3, -0.25) is 0 Å². The fraction of sp³-hybridized carbons (Fsp3) is 0.786. The average molecular weight is 285 g/mol. The third-order valence-corrected chi connectivity index (χ3v) is 5.54. The minimum Gasteiger partial charge on any atom is -0.345 e. The molecular formula is C14H21ClN2S. The molecule has 4 heteroatoms. The van der Waals surface area contributed by atoms with E-state index >= 15 is 0 Å². The van der Waals surface area contributed by atoms with Crippen molar-refractivity contribution in [2.24, 2.45) is 10.8 Å². The third-order valence-electron chi connectivity index (χ3n) is 4.34. The van der Waals surface area contributed by atoms with Gasteiger partial charge >= 0.3 is 0 Å². The zero-order valence-electron chi connectivity index (χ0n) is 11.4. The Morgan fingerprint density at radius 3 is 2.89 bits per heavy atom. The van der Waals surface area contributed by atoms with Crippen molar-refractivity contribution in [3.63, 3.8) is 0 Å². The minimum absolute atomic E-state index is 0.471. The van der Waals surface area contributed by atoms with Crippen LogP contribution in [0, 0.1) is 10.8 Å². The minimum atomic E-state index is 0.471. The summed E-state index contributed by atoms with van der Waals surface area (Å²) in [5.74, 6) is 0.526. The Labute approximate surface area is 118 Å². The zero-order valence-corrected chi connectivity index (χ0v) is 12.9. The molecule has 2 fully saturated rings. The van der Waals surface area contributed by atoms with Crippen LogP contribution in [0.25, 0.3) is 0 Å². The average Bonchev–Trinajstić information content (AvgIpc) is 2.79. The number of hydrogen-bond donors (Lipinski definition) is 0. The molecule has 2 heterocycles. The Bertz CT molecular complexity index is 456. The van der Waals surface area contributed by atoms with Crippen molar-refractivity contribution in [1.29, 1.82) is 0 Å². The Kier molecular flexibility index (Phi) is 2.91. The summed E-state index contributed by atoms with van der Waals surface area (Å²) in [6.07, 6.45) is 3.95. The summed E-state index contributed by atoms with van der Waals surface area (Å²) in [7, 11) is 0. The van der Waals surface area contributed by atoms with E-state index in [9.17, 15) is 0 Å². The number of rotatable bonds is 2. The summed E-state index contributed by atoms with van der Waals surface area (Å²) in [6, 6.07) is 0.674. The standard InChI is InChI=1S/C14H21ClN2S/c1-13(2)4-11-5-14(3,8-13)9-17(11)12-16-10(6-15)7-18-12/h7,11H,4-6,8-9H2,1-3H3. The summed E-state index contributed by atoms with van der Waals surface area (Å²) in [4.78, 5) is 7.20. The molecule has 3 rings (SSSR count). The van der Waals surface area contributed by atoms with Crippen LogP contribution in [0.15, 0.2) is 5.38 Å². The maximum atomic E-state index is 5.86. The molecule has 100 valence electrons. The van der Waals surface area contributed by atoms with Gasteiger partial charge in [0.25, 0.3) is 0 Å². The third kappa shape index (κ3) is 2.16. The largest absolute Gasteiger partial charge is 0.345 e. The van der Waals surface area contributed by atoms with E-state index in [1.807, 2.05) is 0 Å². The van der Waals surface area contributed by atoms with E-state index in [1.54, 1.807) is 11.3 Å². The molecule has 0 radical (unpaired) electrons. The van der Waals surface area contributed by atoms with Crippen LogP contribution >= 0.6 is 22.9 Å². The molecule has 2 unspecified atom stereocenters. The number of nitrogens with zero attached hydrogens (tertiary/aromatic N) is 2. The van der Waals surface area contributed by atoms with Crippen molar-refractivity contribution in [1.82, 2.24) is 4.98 Å². The lowest BCUT2D eigenvalue weighted by molar-refractivity contribution is 0.136. The van der Waals surface area contributed by atoms with E-state index in [4.69, 9.17) is 11.6 Å². The van der Waals surface area contributed by atoms with Gasteiger partial charge in [-0.1, -0.05) is 20.8 Å². The molecular weight excluding hydrogens is 264 g/mol. The second-order valence-corrected chi connectivity index (χ2v) is 8.20. The highest BCUT2D eigenvalue weighted by molar-refractivity contribution is 7.13. The number of halogens is 1. The number of anilines is 1. The predicted molar refractivity (Wildman–Crippen MR) is 78.5 cm³/mol. The van der Waals surface area contributed by atoms with Crippen molar-refractivity contribution in [2.75, 3.05) is 11.4 Å². The molecule has 0 aromatic carbocycles. The lowest BCUT2D eigenvalue weighted by Crippen LogP contribution is -2.34. The van der Waals surface area contributed by atoms with Crippen molar-refractivity contribution in [3.8, 4) is 0 Å². The van der Waals surface area contributed by atoms with Crippen LogP contribution in [-0.4, -0.2) is 17.6 Å². The second-order valence-electron chi connectivity index (χ2n) is 7.10. The smallest absolute Gasteiger partial charge is 0.185 e. The van der Waals surface area contributed by atoms with Crippen LogP contribution < -0.4 is 4.90 Å². The lowest BCUT2D eigenvalue weighted by Gasteiger charge is -2.39. The normalized spacial score (nSPS) is 34.0. The van der Waals surface area contributed by atoms with Gasteiger partial charge in [-0.15, -0.1) is 22.9 Å². The van der Waals surface area contributed by atoms with Gasteiger partial charge in [0.05, 0.1) is 11.6 Å². The Morgan fingerprint density at radius 2 is 2.22 bits per heavy atom. The van der Waals surface area contributed by atoms with Crippen LogP contribution in [0.3, 0.4) is 0 Å². The summed E-state index contributed by atoms with van der Waals surface area (Å²) in [6.45, 7) is 8.42. The molecule has 1 aliphatic heterocycles. The van der Waals surface area contributed by atoms with Crippen LogP contribution in [0.4, 0.5) is 5.13 Å². The van der Waals surface area contributed by atoms with Gasteiger partial charge in [0, 0.05) is 18.0 Å². The van der Waals surface area contributed by atoms with Crippen molar-refractivity contribution < 1.29 is 0 Å². The predicted octanol–water partition coefficient (Wildman–Crippen LogP) is 4.29. The van der Waals surface area contributed by atoms with E-state index < -0.39 is 0 Å². The van der Waals surface area contributed by atoms with Gasteiger partial charge < -0.3 is 4.90 Å². The first-order chi connectivity index (χ1) is 8.41. The van der Waals surface area contributed by atoms with Crippen molar-refractivity contribution in [2.45, 2.75) is 52.0 Å². The van der Waals surface area contributed by atoms with E-state index in [0.29, 0.717) is 22.8 Å². The maximum Gasteiger partial charge on any atom is 0.185 e. The molecule has 2 nitrogen and oxygen atoms in total. The number of fused-ring (bicyclic) bond motifs is 2. The summed E-state index contributed by atoms with van der Waals surface area (Å²) in [5.41, 5.74) is 1.96. The topological polar surface area (TPSA) is 16.1 Å². The maximum absolute atomic E-state index is 5.86. The van der Waals surface area contributed by atoms with Gasteiger partial charge in [0.15, 0.2) is 5.13 Å². The zero-order chi connectivity index (χ0) is 13.0. The number of alkyl halides is 1. The monoisotopic (exact) mass is 284 g/mol. The van der Waals surface area contributed by atoms with Crippen molar-refractivity contribution >= 4 is 28.1 Å². The summed E-state index contributed by atoms with van der Waals surface area (Å²) < 4.78 is 0. The summed E-state index contributed by atoms with van der Waals surface area (Å²) in [5, 5.41) is 3.27. The molecule has 1 aromatic rings. The summed E-state index contributed by atoms with van der Waals surface area (Å²) >= 11 is 7.61. The van der Waals surface area contributed by atoms with Crippen LogP contribution in [-0.2, 0) is 5.88 Å². The molecule has 0 spiro atoms. The highest BCUT2D eigenvalue weighted by Crippen LogP contribution is 2.53. The fourth-order valence-corrected chi connectivity index (χ4v) is 5.30. The molecule has 1 saturated heterocycles. The molecule has 2 aliphatic rings. The molecule has 0 amide bonds. The van der Waals surface area contributed by atoms with Gasteiger partial charge in [0.1, 0.15) is 0 Å². The molecule has 18 heavy (non-hydrogen) atoms. The Morgan fingerprint density at radius 1 is 1.44 bits per heavy atom. The van der Waals surface area contributed by atoms with E-state index in [0.717, 1.165) is 12.2 Å². The lowest BCUT2D eigenvalue weighted by atomic mass is 9.65. The highest BCUT2D eigenvalue weighted by atomic mass is 35.5. The molecule has 2 bridgehead atoms. The number of aromatic nitrogens is 1. The van der Waals surface area contributed by atoms with Crippen LogP contribution in [0.1, 0.15) is 45.7 Å². The van der Waals surface area contributed by atoms with Crippen LogP contribution in [0.5, 0.6) is 0 Å². The first kappa shape index (κ1) is 12.7. The van der Waals surface area contributed by atoms with E-state index in [-0.39, 0.29) is 0 Å². The SMILES string of the molecule is CC1(C)CC2CC(C)(CN2c2nc(CCl)cs2)C1. The quantitative estimate of drug-likeness (QED) is 0.753. The number of thiazole rings is 1. The van der Waals surface area contributed by atoms with E-state index in [2.05, 4.69) is 36.0 Å². The highest BCUT2D eigenvalue weighted by Gasteiger charge is 2.50. The Hall–Kier alpha value is -0.280.